The fourth-order valence-electron chi connectivity index (χ4n) is 2.74. The molecule has 0 spiro atoms. The van der Waals surface area contributed by atoms with Crippen molar-refractivity contribution in [3.8, 4) is 0 Å². The number of alkyl halides is 3. The van der Waals surface area contributed by atoms with Gasteiger partial charge in [0.25, 0.3) is 0 Å². The van der Waals surface area contributed by atoms with Crippen molar-refractivity contribution in [3.63, 3.8) is 0 Å². The van der Waals surface area contributed by atoms with Crippen LogP contribution in [0.4, 0.5) is 23.7 Å². The van der Waals surface area contributed by atoms with Crippen LogP contribution in [0, 0.1) is 0 Å². The van der Waals surface area contributed by atoms with E-state index in [4.69, 9.17) is 5.11 Å². The van der Waals surface area contributed by atoms with Gasteiger partial charge in [-0.05, 0) is 30.7 Å². The molecule has 23 heavy (non-hydrogen) atoms. The Labute approximate surface area is 129 Å². The lowest BCUT2D eigenvalue weighted by Crippen LogP contribution is -2.30. The number of hydrogen-bond donors (Lipinski definition) is 2. The van der Waals surface area contributed by atoms with Crippen molar-refractivity contribution in [2.75, 3.05) is 18.4 Å². The summed E-state index contributed by atoms with van der Waals surface area (Å²) in [6.45, 7) is 0.607. The van der Waals surface area contributed by atoms with Crippen LogP contribution in [-0.4, -0.2) is 40.2 Å². The number of aromatic nitrogens is 1. The quantitative estimate of drug-likeness (QED) is 0.888. The molecule has 5 nitrogen and oxygen atoms in total. The minimum Gasteiger partial charge on any atom is -0.465 e. The number of rotatable bonds is 2. The molecule has 2 N–H and O–H groups in total. The van der Waals surface area contributed by atoms with Crippen LogP contribution in [0.15, 0.2) is 30.5 Å². The summed E-state index contributed by atoms with van der Waals surface area (Å²) in [5.41, 5.74) is -0.211. The number of amides is 1. The number of benzene rings is 1. The summed E-state index contributed by atoms with van der Waals surface area (Å²) in [6, 6.07) is 5.18. The van der Waals surface area contributed by atoms with E-state index in [0.717, 1.165) is 12.1 Å². The Bertz CT molecular complexity index is 748. The monoisotopic (exact) mass is 325 g/mol. The van der Waals surface area contributed by atoms with E-state index in [1.807, 2.05) is 0 Å². The molecule has 122 valence electrons. The first kappa shape index (κ1) is 15.4. The summed E-state index contributed by atoms with van der Waals surface area (Å²) >= 11 is 0. The van der Waals surface area contributed by atoms with E-state index in [2.05, 4.69) is 10.3 Å². The molecule has 0 unspecified atom stereocenters. The molecule has 0 saturated carbocycles. The third kappa shape index (κ3) is 3.15. The zero-order valence-corrected chi connectivity index (χ0v) is 12.0. The fourth-order valence-corrected chi connectivity index (χ4v) is 2.74. The highest BCUT2D eigenvalue weighted by molar-refractivity contribution is 5.92. The molecule has 0 bridgehead atoms. The normalized spacial score (nSPS) is 18.4. The van der Waals surface area contributed by atoms with Crippen molar-refractivity contribution in [1.29, 1.82) is 0 Å². The highest BCUT2D eigenvalue weighted by Gasteiger charge is 2.32. The number of nitrogens with zero attached hydrogens (tertiary/aromatic N) is 2. The predicted molar refractivity (Wildman–Crippen MR) is 78.4 cm³/mol. The van der Waals surface area contributed by atoms with Gasteiger partial charge in [-0.25, -0.2) is 4.79 Å². The van der Waals surface area contributed by atoms with Crippen LogP contribution in [-0.2, 0) is 6.18 Å². The van der Waals surface area contributed by atoms with Crippen LogP contribution in [0.1, 0.15) is 12.0 Å². The van der Waals surface area contributed by atoms with Crippen LogP contribution < -0.4 is 5.32 Å². The van der Waals surface area contributed by atoms with Crippen molar-refractivity contribution < 1.29 is 23.1 Å². The Hall–Kier alpha value is -2.51. The molecule has 1 aromatic carbocycles. The lowest BCUT2D eigenvalue weighted by molar-refractivity contribution is -0.137. The lowest BCUT2D eigenvalue weighted by atomic mass is 10.1. The van der Waals surface area contributed by atoms with Gasteiger partial charge >= 0.3 is 12.3 Å². The lowest BCUT2D eigenvalue weighted by Gasteiger charge is -2.18. The fraction of sp³-hybridized carbons (Fsp3) is 0.333. The van der Waals surface area contributed by atoms with E-state index in [9.17, 15) is 18.0 Å². The maximum atomic E-state index is 13.0. The Morgan fingerprint density at radius 2 is 2.17 bits per heavy atom. The average molecular weight is 325 g/mol. The molecule has 1 atom stereocenters. The van der Waals surface area contributed by atoms with Gasteiger partial charge < -0.3 is 15.3 Å². The number of fused-ring (bicyclic) bond motifs is 1. The van der Waals surface area contributed by atoms with Gasteiger partial charge in [-0.3, -0.25) is 4.98 Å². The van der Waals surface area contributed by atoms with Crippen LogP contribution >= 0.6 is 0 Å². The van der Waals surface area contributed by atoms with Crippen LogP contribution in [0.5, 0.6) is 0 Å². The SMILES string of the molecule is O=C(O)N1CC[C@@H](Nc2cc(C(F)(F)F)cc3ncccc23)C1. The molecule has 0 aliphatic carbocycles. The van der Waals surface area contributed by atoms with Crippen molar-refractivity contribution in [3.05, 3.63) is 36.0 Å². The number of pyridine rings is 1. The molecular formula is C15H14F3N3O2. The van der Waals surface area contributed by atoms with E-state index < -0.39 is 17.8 Å². The first-order chi connectivity index (χ1) is 10.8. The van der Waals surface area contributed by atoms with Gasteiger partial charge in [0.15, 0.2) is 0 Å². The molecule has 1 aliphatic heterocycles. The van der Waals surface area contributed by atoms with Crippen molar-refractivity contribution in [1.82, 2.24) is 9.88 Å². The van der Waals surface area contributed by atoms with Gasteiger partial charge in [-0.2, -0.15) is 13.2 Å². The van der Waals surface area contributed by atoms with Crippen LogP contribution in [0.25, 0.3) is 10.9 Å². The molecule has 1 aliphatic rings. The molecule has 2 heterocycles. The summed E-state index contributed by atoms with van der Waals surface area (Å²) in [5.74, 6) is 0. The van der Waals surface area contributed by atoms with E-state index in [1.165, 1.54) is 11.1 Å². The maximum absolute atomic E-state index is 13.0. The van der Waals surface area contributed by atoms with E-state index >= 15 is 0 Å². The van der Waals surface area contributed by atoms with Crippen molar-refractivity contribution in [2.45, 2.75) is 18.6 Å². The molecule has 2 aromatic rings. The number of halogens is 3. The van der Waals surface area contributed by atoms with Gasteiger partial charge in [0.1, 0.15) is 0 Å². The largest absolute Gasteiger partial charge is 0.465 e. The zero-order valence-electron chi connectivity index (χ0n) is 12.0. The summed E-state index contributed by atoms with van der Waals surface area (Å²) in [5, 5.41) is 12.6. The number of likely N-dealkylation sites (tertiary alicyclic amines) is 1. The van der Waals surface area contributed by atoms with Gasteiger partial charge in [0.2, 0.25) is 0 Å². The Balaban J connectivity index is 1.95. The zero-order chi connectivity index (χ0) is 16.6. The number of carbonyl (C=O) groups is 1. The molecule has 1 amide bonds. The smallest absolute Gasteiger partial charge is 0.416 e. The van der Waals surface area contributed by atoms with Gasteiger partial charge in [0, 0.05) is 36.4 Å². The van der Waals surface area contributed by atoms with Crippen molar-refractivity contribution in [2.24, 2.45) is 0 Å². The molecular weight excluding hydrogens is 311 g/mol. The third-order valence-corrected chi connectivity index (χ3v) is 3.87. The standard InChI is InChI=1S/C15H14F3N3O2/c16-15(17,18)9-6-12-11(2-1-4-19-12)13(7-9)20-10-3-5-21(8-10)14(22)23/h1-2,4,6-7,10,20H,3,5,8H2,(H,22,23)/t10-/m1/s1. The van der Waals surface area contributed by atoms with E-state index in [-0.39, 0.29) is 18.1 Å². The minimum atomic E-state index is -4.47. The Morgan fingerprint density at radius 3 is 2.83 bits per heavy atom. The average Bonchev–Trinajstić information content (AvgIpc) is 2.95. The topological polar surface area (TPSA) is 65.5 Å². The highest BCUT2D eigenvalue weighted by Crippen LogP contribution is 2.35. The number of anilines is 1. The number of hydrogen-bond acceptors (Lipinski definition) is 3. The predicted octanol–water partition coefficient (Wildman–Crippen LogP) is 3.42. The van der Waals surface area contributed by atoms with Gasteiger partial charge in [-0.15, -0.1) is 0 Å². The molecule has 1 aromatic heterocycles. The maximum Gasteiger partial charge on any atom is 0.416 e. The van der Waals surface area contributed by atoms with Crippen LogP contribution in [0.2, 0.25) is 0 Å². The molecule has 1 saturated heterocycles. The summed E-state index contributed by atoms with van der Waals surface area (Å²) < 4.78 is 39.1. The molecule has 3 rings (SSSR count). The second-order valence-electron chi connectivity index (χ2n) is 5.45. The Morgan fingerprint density at radius 1 is 1.39 bits per heavy atom. The summed E-state index contributed by atoms with van der Waals surface area (Å²) in [7, 11) is 0. The molecule has 1 fully saturated rings. The molecule has 8 heteroatoms. The molecule has 0 radical (unpaired) electrons. The third-order valence-electron chi connectivity index (χ3n) is 3.87. The second kappa shape index (κ2) is 5.60. The first-order valence-corrected chi connectivity index (χ1v) is 7.05. The van der Waals surface area contributed by atoms with Crippen LogP contribution in [0.3, 0.4) is 0 Å². The summed E-state index contributed by atoms with van der Waals surface area (Å²) in [6.07, 6.45) is -3.51. The Kier molecular flexibility index (Phi) is 3.75. The van der Waals surface area contributed by atoms with Crippen molar-refractivity contribution >= 4 is 22.7 Å². The summed E-state index contributed by atoms with van der Waals surface area (Å²) in [4.78, 5) is 16.2. The van der Waals surface area contributed by atoms with E-state index in [1.54, 1.807) is 12.1 Å². The van der Waals surface area contributed by atoms with Gasteiger partial charge in [0.05, 0.1) is 11.1 Å². The van der Waals surface area contributed by atoms with E-state index in [0.29, 0.717) is 24.0 Å². The highest BCUT2D eigenvalue weighted by atomic mass is 19.4. The first-order valence-electron chi connectivity index (χ1n) is 7.05. The minimum absolute atomic E-state index is 0.224. The van der Waals surface area contributed by atoms with Gasteiger partial charge in [-0.1, -0.05) is 0 Å². The second-order valence-corrected chi connectivity index (χ2v) is 5.45. The number of nitrogens with one attached hydrogen (secondary N) is 1. The number of carboxylic acid groups (broad SMARTS) is 1.